The average Bonchev–Trinajstić information content (AvgIpc) is 2.70. The summed E-state index contributed by atoms with van der Waals surface area (Å²) >= 11 is 0. The van der Waals surface area contributed by atoms with Crippen LogP contribution in [0.15, 0.2) is 54.1 Å². The quantitative estimate of drug-likeness (QED) is 0.282. The minimum atomic E-state index is -0.338. The van der Waals surface area contributed by atoms with E-state index >= 15 is 0 Å². The van der Waals surface area contributed by atoms with Gasteiger partial charge in [0.25, 0.3) is 0 Å². The van der Waals surface area contributed by atoms with Crippen molar-refractivity contribution in [2.45, 2.75) is 39.0 Å². The van der Waals surface area contributed by atoms with Gasteiger partial charge in [-0.2, -0.15) is 10.5 Å². The zero-order valence-corrected chi connectivity index (χ0v) is 16.9. The summed E-state index contributed by atoms with van der Waals surface area (Å²) in [4.78, 5) is 12.0. The molecule has 29 heavy (non-hydrogen) atoms. The second-order valence-electron chi connectivity index (χ2n) is 7.55. The lowest BCUT2D eigenvalue weighted by Gasteiger charge is -2.19. The van der Waals surface area contributed by atoms with Gasteiger partial charge in [0.2, 0.25) is 0 Å². The third-order valence-corrected chi connectivity index (χ3v) is 4.18. The van der Waals surface area contributed by atoms with E-state index in [-0.39, 0.29) is 23.4 Å². The Bertz CT molecular complexity index is 922. The molecule has 0 radical (unpaired) electrons. The van der Waals surface area contributed by atoms with E-state index < -0.39 is 0 Å². The van der Waals surface area contributed by atoms with Crippen LogP contribution >= 0.6 is 0 Å². The number of ether oxygens (including phenoxy) is 2. The van der Waals surface area contributed by atoms with E-state index in [1.165, 1.54) is 11.6 Å². The number of carbonyl (C=O) groups excluding carboxylic acids is 1. The van der Waals surface area contributed by atoms with Crippen LogP contribution < -0.4 is 9.47 Å². The van der Waals surface area contributed by atoms with Crippen LogP contribution in [-0.2, 0) is 10.2 Å². The van der Waals surface area contributed by atoms with Gasteiger partial charge in [-0.15, -0.1) is 0 Å². The Morgan fingerprint density at radius 3 is 2.10 bits per heavy atom. The molecule has 0 unspecified atom stereocenters. The zero-order valence-electron chi connectivity index (χ0n) is 16.9. The molecule has 0 N–H and O–H groups in total. The molecule has 0 aliphatic heterocycles. The molecule has 5 nitrogen and oxygen atoms in total. The van der Waals surface area contributed by atoms with Gasteiger partial charge < -0.3 is 9.47 Å². The third-order valence-electron chi connectivity index (χ3n) is 4.18. The number of nitrogens with zero attached hydrogens (tertiary/aromatic N) is 2. The summed E-state index contributed by atoms with van der Waals surface area (Å²) in [5, 5.41) is 17.5. The Labute approximate surface area is 171 Å². The summed E-state index contributed by atoms with van der Waals surface area (Å²) in [5.74, 6) is 0.861. The van der Waals surface area contributed by atoms with Crippen molar-refractivity contribution in [3.8, 4) is 23.6 Å². The van der Waals surface area contributed by atoms with Crippen molar-refractivity contribution in [1.82, 2.24) is 0 Å². The summed E-state index contributed by atoms with van der Waals surface area (Å²) in [7, 11) is 0. The number of hydrogen-bond acceptors (Lipinski definition) is 5. The predicted octanol–water partition coefficient (Wildman–Crippen LogP) is 5.18. The van der Waals surface area contributed by atoms with Crippen molar-refractivity contribution < 1.29 is 14.3 Å². The lowest BCUT2D eigenvalue weighted by atomic mass is 9.87. The molecule has 0 bridgehead atoms. The molecule has 0 saturated heterocycles. The molecule has 5 heteroatoms. The van der Waals surface area contributed by atoms with Crippen LogP contribution in [0.3, 0.4) is 0 Å². The van der Waals surface area contributed by atoms with E-state index in [1.54, 1.807) is 36.4 Å². The molecule has 0 heterocycles. The fourth-order valence-corrected chi connectivity index (χ4v) is 2.53. The molecule has 0 saturated carbocycles. The van der Waals surface area contributed by atoms with Gasteiger partial charge in [-0.25, -0.2) is 0 Å². The molecule has 0 atom stereocenters. The van der Waals surface area contributed by atoms with Crippen LogP contribution in [0.1, 0.15) is 44.7 Å². The predicted molar refractivity (Wildman–Crippen MR) is 111 cm³/mol. The van der Waals surface area contributed by atoms with E-state index in [0.717, 1.165) is 5.75 Å². The number of benzene rings is 2. The van der Waals surface area contributed by atoms with E-state index in [0.29, 0.717) is 24.3 Å². The maximum Gasteiger partial charge on any atom is 0.311 e. The molecular weight excluding hydrogens is 364 g/mol. The van der Waals surface area contributed by atoms with Crippen molar-refractivity contribution in [2.75, 3.05) is 6.61 Å². The van der Waals surface area contributed by atoms with Gasteiger partial charge in [0.15, 0.2) is 0 Å². The van der Waals surface area contributed by atoms with Gasteiger partial charge in [0, 0.05) is 6.42 Å². The Kier molecular flexibility index (Phi) is 7.57. The topological polar surface area (TPSA) is 83.1 Å². The minimum absolute atomic E-state index is 0.0165. The Balaban J connectivity index is 1.75. The first-order valence-electron chi connectivity index (χ1n) is 9.38. The first-order chi connectivity index (χ1) is 13.8. The zero-order chi connectivity index (χ0) is 21.3. The summed E-state index contributed by atoms with van der Waals surface area (Å²) in [5.41, 5.74) is 2.05. The third kappa shape index (κ3) is 7.16. The highest BCUT2D eigenvalue weighted by Gasteiger charge is 2.13. The van der Waals surface area contributed by atoms with Gasteiger partial charge in [-0.3, -0.25) is 4.79 Å². The maximum absolute atomic E-state index is 12.0. The largest absolute Gasteiger partial charge is 0.494 e. The monoisotopic (exact) mass is 388 g/mol. The first-order valence-corrected chi connectivity index (χ1v) is 9.38. The van der Waals surface area contributed by atoms with Crippen LogP contribution in [0.5, 0.6) is 11.5 Å². The van der Waals surface area contributed by atoms with Crippen LogP contribution in [-0.4, -0.2) is 12.6 Å². The Morgan fingerprint density at radius 1 is 0.966 bits per heavy atom. The summed E-state index contributed by atoms with van der Waals surface area (Å²) in [6.45, 7) is 6.91. The molecule has 0 fully saturated rings. The van der Waals surface area contributed by atoms with Crippen molar-refractivity contribution in [3.63, 3.8) is 0 Å². The number of nitriles is 2. The molecular formula is C24H24N2O3. The Morgan fingerprint density at radius 2 is 1.55 bits per heavy atom. The van der Waals surface area contributed by atoms with Gasteiger partial charge >= 0.3 is 5.97 Å². The Hall–Kier alpha value is -3.57. The van der Waals surface area contributed by atoms with Crippen LogP contribution in [0.4, 0.5) is 0 Å². The summed E-state index contributed by atoms with van der Waals surface area (Å²) in [6.07, 6.45) is 2.26. The lowest BCUT2D eigenvalue weighted by molar-refractivity contribution is -0.134. The fraction of sp³-hybridized carbons (Fsp3) is 0.292. The fourth-order valence-electron chi connectivity index (χ4n) is 2.53. The lowest BCUT2D eigenvalue weighted by Crippen LogP contribution is -2.11. The second-order valence-corrected chi connectivity index (χ2v) is 7.55. The maximum atomic E-state index is 12.0. The molecule has 2 aromatic rings. The normalized spacial score (nSPS) is 10.4. The molecule has 0 spiro atoms. The van der Waals surface area contributed by atoms with E-state index in [2.05, 4.69) is 32.9 Å². The smallest absolute Gasteiger partial charge is 0.311 e. The highest BCUT2D eigenvalue weighted by Crippen LogP contribution is 2.24. The highest BCUT2D eigenvalue weighted by atomic mass is 16.5. The second kappa shape index (κ2) is 10.1. The number of esters is 1. The number of carbonyl (C=O) groups is 1. The average molecular weight is 388 g/mol. The van der Waals surface area contributed by atoms with Gasteiger partial charge in [-0.1, -0.05) is 45.0 Å². The van der Waals surface area contributed by atoms with Gasteiger partial charge in [0.05, 0.1) is 6.61 Å². The number of hydrogen-bond donors (Lipinski definition) is 0. The van der Waals surface area contributed by atoms with Gasteiger partial charge in [-0.05, 0) is 53.3 Å². The van der Waals surface area contributed by atoms with Crippen molar-refractivity contribution in [1.29, 1.82) is 10.5 Å². The highest BCUT2D eigenvalue weighted by molar-refractivity contribution is 5.72. The molecule has 0 amide bonds. The summed E-state index contributed by atoms with van der Waals surface area (Å²) < 4.78 is 11.0. The van der Waals surface area contributed by atoms with Crippen LogP contribution in [0, 0.1) is 22.7 Å². The molecule has 148 valence electrons. The SMILES string of the molecule is CC(C)(C)c1ccc(OCCCC(=O)Oc2ccc(C=C(C#N)C#N)cc2)cc1. The molecule has 2 rings (SSSR count). The van der Waals surface area contributed by atoms with E-state index in [1.807, 2.05) is 12.1 Å². The molecule has 0 aliphatic rings. The van der Waals surface area contributed by atoms with Crippen molar-refractivity contribution in [2.24, 2.45) is 0 Å². The van der Waals surface area contributed by atoms with Crippen molar-refractivity contribution >= 4 is 12.0 Å². The standard InChI is InChI=1S/C24H24N2O3/c1-24(2,3)20-8-12-21(13-9-20)28-14-4-5-23(27)29-22-10-6-18(7-11-22)15-19(16-25)17-26/h6-13,15H,4-5,14H2,1-3H3. The first kappa shape index (κ1) is 21.7. The van der Waals surface area contributed by atoms with Crippen LogP contribution in [0.2, 0.25) is 0 Å². The molecule has 0 aliphatic carbocycles. The van der Waals surface area contributed by atoms with E-state index in [9.17, 15) is 4.79 Å². The number of rotatable bonds is 7. The van der Waals surface area contributed by atoms with Gasteiger partial charge in [0.1, 0.15) is 29.2 Å². The molecule has 2 aromatic carbocycles. The van der Waals surface area contributed by atoms with E-state index in [4.69, 9.17) is 20.0 Å². The van der Waals surface area contributed by atoms with Crippen LogP contribution in [0.25, 0.3) is 6.08 Å². The summed E-state index contributed by atoms with van der Waals surface area (Å²) in [6, 6.07) is 18.2. The minimum Gasteiger partial charge on any atom is -0.494 e. The molecule has 0 aromatic heterocycles. The van der Waals surface area contributed by atoms with Crippen molar-refractivity contribution in [3.05, 3.63) is 65.2 Å². The number of allylic oxidation sites excluding steroid dienone is 1.